The van der Waals surface area contributed by atoms with Gasteiger partial charge in [0.1, 0.15) is 0 Å². The summed E-state index contributed by atoms with van der Waals surface area (Å²) in [5.74, 6) is 1.67. The van der Waals surface area contributed by atoms with Gasteiger partial charge in [-0.25, -0.2) is 0 Å². The van der Waals surface area contributed by atoms with Gasteiger partial charge in [0.2, 0.25) is 0 Å². The first kappa shape index (κ1) is 19.4. The maximum absolute atomic E-state index is 12.9. The molecule has 136 valence electrons. The summed E-state index contributed by atoms with van der Waals surface area (Å²) in [7, 11) is 0. The van der Waals surface area contributed by atoms with Crippen molar-refractivity contribution in [2.75, 3.05) is 26.2 Å². The molecule has 6 nitrogen and oxygen atoms in total. The van der Waals surface area contributed by atoms with Crippen LogP contribution >= 0.6 is 12.4 Å². The van der Waals surface area contributed by atoms with Gasteiger partial charge in [-0.2, -0.15) is 4.98 Å². The van der Waals surface area contributed by atoms with E-state index in [1.165, 1.54) is 0 Å². The van der Waals surface area contributed by atoms with Crippen LogP contribution in [0.2, 0.25) is 0 Å². The third-order valence-corrected chi connectivity index (χ3v) is 4.50. The first-order valence-corrected chi connectivity index (χ1v) is 8.58. The van der Waals surface area contributed by atoms with Gasteiger partial charge in [0, 0.05) is 13.1 Å². The van der Waals surface area contributed by atoms with Crippen LogP contribution in [-0.2, 0) is 0 Å². The molecule has 0 aliphatic carbocycles. The predicted octanol–water partition coefficient (Wildman–Crippen LogP) is 2.93. The van der Waals surface area contributed by atoms with Gasteiger partial charge in [0.25, 0.3) is 11.8 Å². The van der Waals surface area contributed by atoms with Crippen molar-refractivity contribution >= 4 is 18.3 Å². The second-order valence-electron chi connectivity index (χ2n) is 6.24. The number of likely N-dealkylation sites (tertiary alicyclic amines) is 1. The minimum Gasteiger partial charge on any atom is -0.339 e. The molecule has 3 rings (SSSR count). The quantitative estimate of drug-likeness (QED) is 0.883. The molecule has 1 N–H and O–H groups in total. The number of carbonyl (C=O) groups excluding carboxylic acids is 1. The van der Waals surface area contributed by atoms with Gasteiger partial charge in [-0.3, -0.25) is 4.79 Å². The molecule has 0 spiro atoms. The smallest absolute Gasteiger partial charge is 0.258 e. The lowest BCUT2D eigenvalue weighted by atomic mass is 9.95. The topological polar surface area (TPSA) is 71.3 Å². The highest BCUT2D eigenvalue weighted by Gasteiger charge is 2.26. The first-order valence-electron chi connectivity index (χ1n) is 8.58. The summed E-state index contributed by atoms with van der Waals surface area (Å²) in [5.41, 5.74) is 1.34. The molecule has 7 heteroatoms. The molecule has 2 heterocycles. The number of nitrogens with zero attached hydrogens (tertiary/aromatic N) is 3. The lowest BCUT2D eigenvalue weighted by Crippen LogP contribution is -2.40. The van der Waals surface area contributed by atoms with Crippen LogP contribution in [0.3, 0.4) is 0 Å². The van der Waals surface area contributed by atoms with E-state index in [1.54, 1.807) is 6.92 Å². The van der Waals surface area contributed by atoms with E-state index in [4.69, 9.17) is 4.52 Å². The number of nitrogens with one attached hydrogen (secondary N) is 1. The van der Waals surface area contributed by atoms with Gasteiger partial charge < -0.3 is 14.7 Å². The number of carbonyl (C=O) groups is 1. The lowest BCUT2D eigenvalue weighted by molar-refractivity contribution is 0.0691. The van der Waals surface area contributed by atoms with Crippen LogP contribution in [0, 0.1) is 12.8 Å². The van der Waals surface area contributed by atoms with Crippen molar-refractivity contribution in [3.8, 4) is 11.5 Å². The fraction of sp³-hybridized carbons (Fsp3) is 0.500. The molecule has 0 unspecified atom stereocenters. The molecule has 1 saturated heterocycles. The number of aromatic nitrogens is 2. The van der Waals surface area contributed by atoms with Crippen molar-refractivity contribution in [3.63, 3.8) is 0 Å². The normalized spacial score (nSPS) is 15.0. The van der Waals surface area contributed by atoms with Crippen molar-refractivity contribution in [3.05, 3.63) is 35.7 Å². The van der Waals surface area contributed by atoms with Crippen LogP contribution in [-0.4, -0.2) is 47.1 Å². The summed E-state index contributed by atoms with van der Waals surface area (Å²) in [6, 6.07) is 7.45. The Balaban J connectivity index is 0.00000225. The van der Waals surface area contributed by atoms with Crippen LogP contribution in [0.4, 0.5) is 0 Å². The number of piperidine rings is 1. The van der Waals surface area contributed by atoms with E-state index < -0.39 is 0 Å². The molecule has 1 aliphatic rings. The van der Waals surface area contributed by atoms with E-state index in [-0.39, 0.29) is 18.3 Å². The Morgan fingerprint density at radius 1 is 1.32 bits per heavy atom. The average molecular weight is 365 g/mol. The minimum absolute atomic E-state index is 0. The van der Waals surface area contributed by atoms with Crippen molar-refractivity contribution in [2.24, 2.45) is 5.92 Å². The molecule has 1 aromatic carbocycles. The predicted molar refractivity (Wildman–Crippen MR) is 98.9 cm³/mol. The Hall–Kier alpha value is -1.92. The Morgan fingerprint density at radius 3 is 2.68 bits per heavy atom. The summed E-state index contributed by atoms with van der Waals surface area (Å²) in [6.07, 6.45) is 2.08. The van der Waals surface area contributed by atoms with Crippen LogP contribution in [0.15, 0.2) is 28.8 Å². The van der Waals surface area contributed by atoms with E-state index in [9.17, 15) is 4.79 Å². The summed E-state index contributed by atoms with van der Waals surface area (Å²) in [5, 5.41) is 7.22. The van der Waals surface area contributed by atoms with Gasteiger partial charge in [-0.05, 0) is 50.9 Å². The first-order chi connectivity index (χ1) is 11.7. The van der Waals surface area contributed by atoms with E-state index in [2.05, 4.69) is 22.4 Å². The highest BCUT2D eigenvalue weighted by atomic mass is 35.5. The molecular formula is C18H25ClN4O2. The molecule has 0 saturated carbocycles. The second kappa shape index (κ2) is 8.97. The lowest BCUT2D eigenvalue weighted by Gasteiger charge is -2.32. The van der Waals surface area contributed by atoms with Gasteiger partial charge in [0.05, 0.1) is 11.1 Å². The summed E-state index contributed by atoms with van der Waals surface area (Å²) in [4.78, 5) is 19.1. The molecule has 0 radical (unpaired) electrons. The zero-order valence-corrected chi connectivity index (χ0v) is 15.5. The third-order valence-electron chi connectivity index (χ3n) is 4.50. The number of hydrogen-bond acceptors (Lipinski definition) is 5. The Bertz CT molecular complexity index is 696. The van der Waals surface area contributed by atoms with Crippen LogP contribution < -0.4 is 5.32 Å². The summed E-state index contributed by atoms with van der Waals surface area (Å²) < 4.78 is 5.25. The van der Waals surface area contributed by atoms with Gasteiger partial charge in [0.15, 0.2) is 5.82 Å². The van der Waals surface area contributed by atoms with E-state index in [1.807, 2.05) is 29.2 Å². The fourth-order valence-electron chi connectivity index (χ4n) is 3.12. The Labute approximate surface area is 154 Å². The molecule has 0 bridgehead atoms. The average Bonchev–Trinajstić information content (AvgIpc) is 3.06. The van der Waals surface area contributed by atoms with Gasteiger partial charge in [-0.1, -0.05) is 24.2 Å². The highest BCUT2D eigenvalue weighted by Crippen LogP contribution is 2.25. The van der Waals surface area contributed by atoms with Gasteiger partial charge in [-0.15, -0.1) is 12.4 Å². The van der Waals surface area contributed by atoms with Crippen molar-refractivity contribution < 1.29 is 9.32 Å². The third kappa shape index (κ3) is 4.58. The maximum Gasteiger partial charge on any atom is 0.258 e. The summed E-state index contributed by atoms with van der Waals surface area (Å²) in [6.45, 7) is 7.52. The fourth-order valence-corrected chi connectivity index (χ4v) is 3.12. The number of rotatable bonds is 5. The minimum atomic E-state index is 0. The number of hydrogen-bond donors (Lipinski definition) is 1. The Morgan fingerprint density at radius 2 is 2.04 bits per heavy atom. The number of halogens is 1. The molecule has 1 amide bonds. The standard InChI is InChI=1S/C18H24N4O2.ClH/c1-3-19-12-14-8-10-22(11-9-14)18(23)16-7-5-4-6-15(16)17-20-13(2)21-24-17;/h4-7,14,19H,3,8-12H2,1-2H3;1H. The number of aryl methyl sites for hydroxylation is 1. The SMILES string of the molecule is CCNCC1CCN(C(=O)c2ccccc2-c2nc(C)no2)CC1.Cl. The zero-order chi connectivity index (χ0) is 16.9. The van der Waals surface area contributed by atoms with Gasteiger partial charge >= 0.3 is 0 Å². The van der Waals surface area contributed by atoms with E-state index >= 15 is 0 Å². The Kier molecular flexibility index (Phi) is 6.96. The molecular weight excluding hydrogens is 340 g/mol. The molecule has 1 aromatic heterocycles. The number of benzene rings is 1. The molecule has 1 fully saturated rings. The molecule has 25 heavy (non-hydrogen) atoms. The second-order valence-corrected chi connectivity index (χ2v) is 6.24. The highest BCUT2D eigenvalue weighted by molar-refractivity contribution is 6.00. The van der Waals surface area contributed by atoms with Crippen molar-refractivity contribution in [1.29, 1.82) is 0 Å². The van der Waals surface area contributed by atoms with Crippen molar-refractivity contribution in [1.82, 2.24) is 20.4 Å². The maximum atomic E-state index is 12.9. The van der Waals surface area contributed by atoms with E-state index in [0.717, 1.165) is 39.0 Å². The largest absolute Gasteiger partial charge is 0.339 e. The van der Waals surface area contributed by atoms with Crippen molar-refractivity contribution in [2.45, 2.75) is 26.7 Å². The number of amides is 1. The van der Waals surface area contributed by atoms with Crippen LogP contribution in [0.25, 0.3) is 11.5 Å². The molecule has 1 aliphatic heterocycles. The zero-order valence-electron chi connectivity index (χ0n) is 14.7. The molecule has 0 atom stereocenters. The summed E-state index contributed by atoms with van der Waals surface area (Å²) >= 11 is 0. The van der Waals surface area contributed by atoms with Crippen LogP contribution in [0.1, 0.15) is 35.9 Å². The monoisotopic (exact) mass is 364 g/mol. The van der Waals surface area contributed by atoms with Crippen LogP contribution in [0.5, 0.6) is 0 Å². The van der Waals surface area contributed by atoms with E-state index in [0.29, 0.717) is 28.8 Å². The molecule has 2 aromatic rings.